The molecule has 1 fully saturated rings. The van der Waals surface area contributed by atoms with Gasteiger partial charge in [0.1, 0.15) is 5.82 Å². The van der Waals surface area contributed by atoms with Crippen molar-refractivity contribution in [2.24, 2.45) is 0 Å². The summed E-state index contributed by atoms with van der Waals surface area (Å²) in [6, 6.07) is 15.4. The molecule has 0 aliphatic carbocycles. The topological polar surface area (TPSA) is 16.1 Å². The van der Waals surface area contributed by atoms with E-state index in [0.29, 0.717) is 12.5 Å². The fourth-order valence-corrected chi connectivity index (χ4v) is 4.43. The van der Waals surface area contributed by atoms with E-state index in [9.17, 15) is 4.39 Å². The van der Waals surface area contributed by atoms with Crippen molar-refractivity contribution >= 4 is 21.6 Å². The first-order chi connectivity index (χ1) is 11.3. The van der Waals surface area contributed by atoms with Gasteiger partial charge in [0.05, 0.1) is 15.2 Å². The Kier molecular flexibility index (Phi) is 4.10. The highest BCUT2D eigenvalue weighted by Gasteiger charge is 2.24. The summed E-state index contributed by atoms with van der Waals surface area (Å²) in [5, 5.41) is 1.23. The average Bonchev–Trinajstić information content (AvgIpc) is 3.01. The molecule has 0 N–H and O–H groups in total. The molecule has 1 atom stereocenters. The second kappa shape index (κ2) is 6.38. The number of halogens is 1. The fraction of sp³-hybridized carbons (Fsp3) is 0.316. The Morgan fingerprint density at radius 1 is 1.13 bits per heavy atom. The van der Waals surface area contributed by atoms with Gasteiger partial charge in [-0.1, -0.05) is 30.3 Å². The van der Waals surface area contributed by atoms with E-state index < -0.39 is 0 Å². The molecular weight excluding hydrogens is 307 g/mol. The van der Waals surface area contributed by atoms with Crippen molar-refractivity contribution in [3.63, 3.8) is 0 Å². The van der Waals surface area contributed by atoms with Crippen LogP contribution in [-0.2, 0) is 6.54 Å². The number of benzene rings is 2. The van der Waals surface area contributed by atoms with Crippen molar-refractivity contribution in [1.82, 2.24) is 9.88 Å². The van der Waals surface area contributed by atoms with Crippen LogP contribution >= 0.6 is 11.3 Å². The molecule has 4 rings (SSSR count). The number of thiazole rings is 1. The number of likely N-dealkylation sites (tertiary alicyclic amines) is 1. The van der Waals surface area contributed by atoms with Crippen molar-refractivity contribution < 1.29 is 4.39 Å². The van der Waals surface area contributed by atoms with Crippen LogP contribution in [0.25, 0.3) is 10.2 Å². The fourth-order valence-electron chi connectivity index (χ4n) is 3.33. The van der Waals surface area contributed by atoms with Crippen LogP contribution in [-0.4, -0.2) is 23.0 Å². The van der Waals surface area contributed by atoms with Gasteiger partial charge in [0.15, 0.2) is 0 Å². The van der Waals surface area contributed by atoms with Gasteiger partial charge in [0, 0.05) is 24.6 Å². The molecule has 1 saturated heterocycles. The third-order valence-electron chi connectivity index (χ3n) is 4.52. The van der Waals surface area contributed by atoms with Gasteiger partial charge in [-0.15, -0.1) is 11.3 Å². The van der Waals surface area contributed by atoms with Gasteiger partial charge in [0.2, 0.25) is 0 Å². The lowest BCUT2D eigenvalue weighted by molar-refractivity contribution is 0.198. The van der Waals surface area contributed by atoms with E-state index in [4.69, 9.17) is 4.98 Å². The quantitative estimate of drug-likeness (QED) is 0.686. The molecule has 3 aromatic rings. The molecule has 0 unspecified atom stereocenters. The zero-order valence-electron chi connectivity index (χ0n) is 12.9. The monoisotopic (exact) mass is 326 g/mol. The van der Waals surface area contributed by atoms with Crippen molar-refractivity contribution in [2.75, 3.05) is 13.1 Å². The molecule has 4 heteroatoms. The van der Waals surface area contributed by atoms with Crippen LogP contribution in [0.2, 0.25) is 0 Å². The Morgan fingerprint density at radius 3 is 2.83 bits per heavy atom. The molecule has 118 valence electrons. The highest BCUT2D eigenvalue weighted by Crippen LogP contribution is 2.33. The molecular formula is C19H19FN2S. The highest BCUT2D eigenvalue weighted by molar-refractivity contribution is 7.18. The number of fused-ring (bicyclic) bond motifs is 1. The summed E-state index contributed by atoms with van der Waals surface area (Å²) in [7, 11) is 0. The third-order valence-corrected chi connectivity index (χ3v) is 5.72. The lowest BCUT2D eigenvalue weighted by Gasteiger charge is -2.31. The summed E-state index contributed by atoms with van der Waals surface area (Å²) >= 11 is 1.80. The Balaban J connectivity index is 1.51. The first kappa shape index (κ1) is 14.8. The normalized spacial score (nSPS) is 19.3. The van der Waals surface area contributed by atoms with Gasteiger partial charge in [0.25, 0.3) is 0 Å². The third kappa shape index (κ3) is 3.14. The summed E-state index contributed by atoms with van der Waals surface area (Å²) in [4.78, 5) is 7.17. The number of aromatic nitrogens is 1. The molecule has 0 spiro atoms. The first-order valence-electron chi connectivity index (χ1n) is 8.11. The van der Waals surface area contributed by atoms with Crippen LogP contribution < -0.4 is 0 Å². The maximum atomic E-state index is 13.9. The summed E-state index contributed by atoms with van der Waals surface area (Å²) in [5.41, 5.74) is 1.89. The van der Waals surface area contributed by atoms with E-state index in [1.165, 1.54) is 16.1 Å². The van der Waals surface area contributed by atoms with E-state index in [0.717, 1.165) is 30.6 Å². The van der Waals surface area contributed by atoms with Gasteiger partial charge < -0.3 is 0 Å². The molecule has 0 radical (unpaired) electrons. The van der Waals surface area contributed by atoms with Gasteiger partial charge in [-0.25, -0.2) is 9.37 Å². The number of nitrogens with zero attached hydrogens (tertiary/aromatic N) is 2. The second-order valence-electron chi connectivity index (χ2n) is 6.19. The molecule has 0 amide bonds. The molecule has 0 saturated carbocycles. The van der Waals surface area contributed by atoms with Gasteiger partial charge in [-0.2, -0.15) is 0 Å². The van der Waals surface area contributed by atoms with Crippen LogP contribution in [0.5, 0.6) is 0 Å². The molecule has 2 nitrogen and oxygen atoms in total. The average molecular weight is 326 g/mol. The number of rotatable bonds is 3. The van der Waals surface area contributed by atoms with E-state index in [1.54, 1.807) is 23.5 Å². The van der Waals surface area contributed by atoms with Crippen LogP contribution in [0, 0.1) is 5.82 Å². The molecule has 1 aliphatic heterocycles. The molecule has 23 heavy (non-hydrogen) atoms. The maximum Gasteiger partial charge on any atom is 0.127 e. The zero-order valence-corrected chi connectivity index (χ0v) is 13.7. The second-order valence-corrected chi connectivity index (χ2v) is 7.25. The molecule has 1 aromatic heterocycles. The predicted octanol–water partition coefficient (Wildman–Crippen LogP) is 4.82. The van der Waals surface area contributed by atoms with Crippen LogP contribution in [0.3, 0.4) is 0 Å². The van der Waals surface area contributed by atoms with Gasteiger partial charge in [-0.05, 0) is 37.6 Å². The molecule has 0 bridgehead atoms. The lowest BCUT2D eigenvalue weighted by Crippen LogP contribution is -2.34. The molecule has 1 aliphatic rings. The number of piperidine rings is 1. The zero-order chi connectivity index (χ0) is 15.6. The minimum Gasteiger partial charge on any atom is -0.298 e. The van der Waals surface area contributed by atoms with Crippen molar-refractivity contribution in [3.05, 3.63) is 64.9 Å². The summed E-state index contributed by atoms with van der Waals surface area (Å²) in [6.45, 7) is 2.69. The largest absolute Gasteiger partial charge is 0.298 e. The number of para-hydroxylation sites is 1. The Bertz CT molecular complexity index is 781. The van der Waals surface area contributed by atoms with E-state index >= 15 is 0 Å². The van der Waals surface area contributed by atoms with E-state index in [1.807, 2.05) is 18.2 Å². The number of hydrogen-bond donors (Lipinski definition) is 0. The van der Waals surface area contributed by atoms with E-state index in [-0.39, 0.29) is 5.82 Å². The minimum absolute atomic E-state index is 0.102. The maximum absolute atomic E-state index is 13.9. The van der Waals surface area contributed by atoms with Gasteiger partial charge in [-0.3, -0.25) is 4.90 Å². The summed E-state index contributed by atoms with van der Waals surface area (Å²) in [5.74, 6) is 0.363. The SMILES string of the molecule is Fc1ccccc1CN1CCC[C@H](c2nc3ccccc3s2)C1. The molecule has 2 aromatic carbocycles. The smallest absolute Gasteiger partial charge is 0.127 e. The van der Waals surface area contributed by atoms with E-state index in [2.05, 4.69) is 23.1 Å². The van der Waals surface area contributed by atoms with Gasteiger partial charge >= 0.3 is 0 Å². The number of hydrogen-bond acceptors (Lipinski definition) is 3. The summed E-state index contributed by atoms with van der Waals surface area (Å²) < 4.78 is 15.1. The summed E-state index contributed by atoms with van der Waals surface area (Å²) in [6.07, 6.45) is 2.32. The van der Waals surface area contributed by atoms with Crippen LogP contribution in [0.4, 0.5) is 4.39 Å². The van der Waals surface area contributed by atoms with Crippen molar-refractivity contribution in [2.45, 2.75) is 25.3 Å². The highest BCUT2D eigenvalue weighted by atomic mass is 32.1. The standard InChI is InChI=1S/C19H19FN2S/c20-16-8-2-1-6-14(16)12-22-11-5-7-15(13-22)19-21-17-9-3-4-10-18(17)23-19/h1-4,6,8-10,15H,5,7,11-13H2/t15-/m0/s1. The Morgan fingerprint density at radius 2 is 1.96 bits per heavy atom. The van der Waals surface area contributed by atoms with Crippen LogP contribution in [0.1, 0.15) is 29.3 Å². The predicted molar refractivity (Wildman–Crippen MR) is 93.3 cm³/mol. The van der Waals surface area contributed by atoms with Crippen LogP contribution in [0.15, 0.2) is 48.5 Å². The Labute approximate surface area is 139 Å². The van der Waals surface area contributed by atoms with Crippen molar-refractivity contribution in [3.8, 4) is 0 Å². The molecule has 2 heterocycles. The van der Waals surface area contributed by atoms with Crippen molar-refractivity contribution in [1.29, 1.82) is 0 Å². The lowest BCUT2D eigenvalue weighted by atomic mass is 9.98. The Hall–Kier alpha value is -1.78. The first-order valence-corrected chi connectivity index (χ1v) is 8.92. The minimum atomic E-state index is -0.102.